The molecule has 1 aliphatic heterocycles. The van der Waals surface area contributed by atoms with Crippen molar-refractivity contribution in [2.24, 2.45) is 4.99 Å². The van der Waals surface area contributed by atoms with Crippen LogP contribution in [-0.4, -0.2) is 26.7 Å². The average molecular weight is 469 g/mol. The molecular formula is C17H16IN3O3S. The zero-order valence-electron chi connectivity index (χ0n) is 13.4. The zero-order valence-corrected chi connectivity index (χ0v) is 16.4. The van der Waals surface area contributed by atoms with E-state index in [2.05, 4.69) is 37.6 Å². The van der Waals surface area contributed by atoms with Crippen LogP contribution in [0.1, 0.15) is 17.5 Å². The van der Waals surface area contributed by atoms with Crippen molar-refractivity contribution >= 4 is 50.0 Å². The van der Waals surface area contributed by atoms with E-state index in [9.17, 15) is 13.2 Å². The number of fused-ring (bicyclic) bond motifs is 1. The van der Waals surface area contributed by atoms with Crippen LogP contribution < -0.4 is 10.0 Å². The molecule has 1 heterocycles. The third-order valence-electron chi connectivity index (χ3n) is 3.73. The van der Waals surface area contributed by atoms with E-state index in [1.165, 1.54) is 6.07 Å². The second-order valence-electron chi connectivity index (χ2n) is 5.59. The highest BCUT2D eigenvalue weighted by molar-refractivity contribution is 14.1. The van der Waals surface area contributed by atoms with Gasteiger partial charge in [0.1, 0.15) is 5.84 Å². The van der Waals surface area contributed by atoms with Gasteiger partial charge in [0.2, 0.25) is 5.91 Å². The summed E-state index contributed by atoms with van der Waals surface area (Å²) in [6.07, 6.45) is 0.165. The Hall–Kier alpha value is -1.94. The van der Waals surface area contributed by atoms with Gasteiger partial charge < -0.3 is 5.32 Å². The minimum atomic E-state index is -3.55. The second kappa shape index (κ2) is 7.12. The molecule has 0 radical (unpaired) electrons. The molecule has 1 aliphatic rings. The van der Waals surface area contributed by atoms with Gasteiger partial charge in [0.15, 0.2) is 0 Å². The Balaban J connectivity index is 1.64. The molecular weight excluding hydrogens is 453 g/mol. The number of benzene rings is 2. The van der Waals surface area contributed by atoms with E-state index >= 15 is 0 Å². The van der Waals surface area contributed by atoms with Gasteiger partial charge >= 0.3 is 0 Å². The number of hydrogen-bond acceptors (Lipinski definition) is 4. The van der Waals surface area contributed by atoms with Crippen molar-refractivity contribution in [3.05, 3.63) is 57.2 Å². The van der Waals surface area contributed by atoms with Crippen LogP contribution in [0, 0.1) is 10.5 Å². The molecule has 25 heavy (non-hydrogen) atoms. The van der Waals surface area contributed by atoms with Gasteiger partial charge in [-0.25, -0.2) is 8.42 Å². The summed E-state index contributed by atoms with van der Waals surface area (Å²) in [6, 6.07) is 12.3. The summed E-state index contributed by atoms with van der Waals surface area (Å²) >= 11 is 2.22. The molecule has 0 spiro atoms. The van der Waals surface area contributed by atoms with Gasteiger partial charge in [-0.2, -0.15) is 0 Å². The molecule has 0 aromatic heterocycles. The van der Waals surface area contributed by atoms with Gasteiger partial charge in [0.05, 0.1) is 11.4 Å². The van der Waals surface area contributed by atoms with Gasteiger partial charge in [-0.05, 0) is 59.3 Å². The van der Waals surface area contributed by atoms with Crippen LogP contribution in [0.2, 0.25) is 0 Å². The Kier molecular flexibility index (Phi) is 5.09. The summed E-state index contributed by atoms with van der Waals surface area (Å²) in [7, 11) is -3.55. The van der Waals surface area contributed by atoms with E-state index in [0.717, 1.165) is 14.8 Å². The molecule has 3 rings (SSSR count). The van der Waals surface area contributed by atoms with Crippen molar-refractivity contribution in [1.29, 1.82) is 0 Å². The molecule has 130 valence electrons. The number of nitrogens with one attached hydrogen (secondary N) is 2. The number of amidine groups is 1. The van der Waals surface area contributed by atoms with Crippen molar-refractivity contribution in [2.45, 2.75) is 18.2 Å². The zero-order chi connectivity index (χ0) is 18.0. The standard InChI is InChI=1S/C17H16IN3O3S/c1-11-6-7-12(10-14(11)18)20-16(22)8-9-19-17-13-4-2-3-5-15(13)25(23,24)21-17/h2-7,10H,8-9H2,1H3,(H,19,21)(H,20,22). The first kappa shape index (κ1) is 17.9. The second-order valence-corrected chi connectivity index (χ2v) is 8.41. The fourth-order valence-corrected chi connectivity index (χ4v) is 4.18. The van der Waals surface area contributed by atoms with Crippen molar-refractivity contribution in [2.75, 3.05) is 11.9 Å². The molecule has 0 saturated heterocycles. The molecule has 0 atom stereocenters. The van der Waals surface area contributed by atoms with E-state index in [1.807, 2.05) is 25.1 Å². The SMILES string of the molecule is Cc1ccc(NC(=O)CCN=C2NS(=O)(=O)c3ccccc32)cc1I. The number of aliphatic imine (C=N–C) groups is 1. The van der Waals surface area contributed by atoms with Crippen LogP contribution >= 0.6 is 22.6 Å². The van der Waals surface area contributed by atoms with E-state index in [0.29, 0.717) is 5.56 Å². The first-order valence-electron chi connectivity index (χ1n) is 7.59. The monoisotopic (exact) mass is 469 g/mol. The molecule has 0 saturated carbocycles. The fourth-order valence-electron chi connectivity index (χ4n) is 2.41. The number of halogens is 1. The minimum absolute atomic E-state index is 0.165. The molecule has 0 bridgehead atoms. The molecule has 0 aliphatic carbocycles. The fraction of sp³-hybridized carbons (Fsp3) is 0.176. The number of anilines is 1. The summed E-state index contributed by atoms with van der Waals surface area (Å²) in [4.78, 5) is 16.5. The maximum atomic E-state index is 12.0. The highest BCUT2D eigenvalue weighted by Gasteiger charge is 2.29. The maximum absolute atomic E-state index is 12.0. The highest BCUT2D eigenvalue weighted by atomic mass is 127. The lowest BCUT2D eigenvalue weighted by Gasteiger charge is -2.06. The lowest BCUT2D eigenvalue weighted by Crippen LogP contribution is -2.23. The number of nitrogens with zero attached hydrogens (tertiary/aromatic N) is 1. The van der Waals surface area contributed by atoms with Gasteiger partial charge in [-0.15, -0.1) is 0 Å². The highest BCUT2D eigenvalue weighted by Crippen LogP contribution is 2.22. The van der Waals surface area contributed by atoms with Crippen molar-refractivity contribution in [3.63, 3.8) is 0 Å². The van der Waals surface area contributed by atoms with Crippen LogP contribution in [0.15, 0.2) is 52.4 Å². The van der Waals surface area contributed by atoms with E-state index in [1.54, 1.807) is 18.2 Å². The normalized spacial score (nSPS) is 16.3. The molecule has 2 aromatic rings. The third-order valence-corrected chi connectivity index (χ3v) is 6.29. The molecule has 1 amide bonds. The Morgan fingerprint density at radius 2 is 2.00 bits per heavy atom. The predicted molar refractivity (Wildman–Crippen MR) is 105 cm³/mol. The summed E-state index contributed by atoms with van der Waals surface area (Å²) in [5.74, 6) is 0.117. The predicted octanol–water partition coefficient (Wildman–Crippen LogP) is 2.67. The Morgan fingerprint density at radius 3 is 2.76 bits per heavy atom. The molecule has 0 unspecified atom stereocenters. The summed E-state index contributed by atoms with van der Waals surface area (Å²) < 4.78 is 27.5. The Bertz CT molecular complexity index is 971. The number of sulfonamides is 1. The van der Waals surface area contributed by atoms with Gasteiger partial charge in [0, 0.05) is 21.2 Å². The Labute approximate surface area is 159 Å². The molecule has 6 nitrogen and oxygen atoms in total. The number of carbonyl (C=O) groups is 1. The van der Waals surface area contributed by atoms with E-state index in [-0.39, 0.29) is 29.6 Å². The van der Waals surface area contributed by atoms with Gasteiger partial charge in [-0.1, -0.05) is 18.2 Å². The number of carbonyl (C=O) groups excluding carboxylic acids is 1. The summed E-state index contributed by atoms with van der Waals surface area (Å²) in [6.45, 7) is 2.20. The molecule has 2 aromatic carbocycles. The van der Waals surface area contributed by atoms with Crippen LogP contribution in [0.25, 0.3) is 0 Å². The van der Waals surface area contributed by atoms with Crippen molar-refractivity contribution in [1.82, 2.24) is 4.72 Å². The average Bonchev–Trinajstić information content (AvgIpc) is 2.82. The number of hydrogen-bond donors (Lipinski definition) is 2. The molecule has 0 fully saturated rings. The smallest absolute Gasteiger partial charge is 0.263 e. The van der Waals surface area contributed by atoms with Crippen molar-refractivity contribution in [3.8, 4) is 0 Å². The summed E-state index contributed by atoms with van der Waals surface area (Å²) in [5.41, 5.74) is 2.42. The molecule has 2 N–H and O–H groups in total. The topological polar surface area (TPSA) is 87.6 Å². The first-order valence-corrected chi connectivity index (χ1v) is 10.2. The van der Waals surface area contributed by atoms with E-state index in [4.69, 9.17) is 0 Å². The van der Waals surface area contributed by atoms with Crippen LogP contribution in [0.5, 0.6) is 0 Å². The van der Waals surface area contributed by atoms with Crippen LogP contribution in [-0.2, 0) is 14.8 Å². The van der Waals surface area contributed by atoms with Crippen LogP contribution in [0.4, 0.5) is 5.69 Å². The molecule has 8 heteroatoms. The van der Waals surface area contributed by atoms with Crippen molar-refractivity contribution < 1.29 is 13.2 Å². The minimum Gasteiger partial charge on any atom is -0.326 e. The Morgan fingerprint density at radius 1 is 1.24 bits per heavy atom. The third kappa shape index (κ3) is 4.01. The first-order chi connectivity index (χ1) is 11.9. The van der Waals surface area contributed by atoms with Gasteiger partial charge in [-0.3, -0.25) is 14.5 Å². The number of rotatable bonds is 4. The quantitative estimate of drug-likeness (QED) is 0.676. The lowest BCUT2D eigenvalue weighted by molar-refractivity contribution is -0.116. The van der Waals surface area contributed by atoms with Gasteiger partial charge in [0.25, 0.3) is 10.0 Å². The maximum Gasteiger partial charge on any atom is 0.263 e. The largest absolute Gasteiger partial charge is 0.326 e. The summed E-state index contributed by atoms with van der Waals surface area (Å²) in [5, 5.41) is 2.82. The number of amides is 1. The lowest BCUT2D eigenvalue weighted by atomic mass is 10.2. The number of aryl methyl sites for hydroxylation is 1. The van der Waals surface area contributed by atoms with Crippen LogP contribution in [0.3, 0.4) is 0 Å². The van der Waals surface area contributed by atoms with E-state index < -0.39 is 10.0 Å².